The smallest absolute Gasteiger partial charge is 0.248 e. The zero-order valence-electron chi connectivity index (χ0n) is 32.9. The number of hydrogen-bond donors (Lipinski definition) is 0. The van der Waals surface area contributed by atoms with Gasteiger partial charge in [-0.05, 0) is 93.7 Å². The van der Waals surface area contributed by atoms with Crippen molar-refractivity contribution in [1.82, 2.24) is 0 Å². The summed E-state index contributed by atoms with van der Waals surface area (Å²) in [4.78, 5) is 5.59. The minimum atomic E-state index is 0.116. The van der Waals surface area contributed by atoms with Crippen LogP contribution in [-0.4, -0.2) is 26.9 Å². The van der Waals surface area contributed by atoms with Crippen LogP contribution in [-0.2, 0) is 0 Å². The molecule has 0 aromatic heterocycles. The van der Waals surface area contributed by atoms with Crippen molar-refractivity contribution in [2.24, 2.45) is 0 Å². The van der Waals surface area contributed by atoms with Gasteiger partial charge in [-0.2, -0.15) is 0 Å². The summed E-state index contributed by atoms with van der Waals surface area (Å²) < 4.78 is 0. The Labute approximate surface area is 340 Å². The molecule has 0 saturated carbocycles. The average Bonchev–Trinajstić information content (AvgIpc) is 3.75. The van der Waals surface area contributed by atoms with E-state index in [1.54, 1.807) is 0 Å². The number of rotatable bonds is 2. The van der Waals surface area contributed by atoms with Gasteiger partial charge >= 0.3 is 0 Å². The second-order valence-corrected chi connectivity index (χ2v) is 18.2. The Hall–Kier alpha value is -6.38. The van der Waals surface area contributed by atoms with E-state index in [1.807, 2.05) is 0 Å². The van der Waals surface area contributed by atoms with Gasteiger partial charge in [0.25, 0.3) is 0 Å². The highest BCUT2D eigenvalue weighted by Crippen LogP contribution is 2.57. The Morgan fingerprint density at radius 3 is 0.983 bits per heavy atom. The van der Waals surface area contributed by atoms with Gasteiger partial charge in [-0.15, -0.1) is 0 Å². The molecule has 58 heavy (non-hydrogen) atoms. The number of benzene rings is 8. The zero-order valence-corrected chi connectivity index (χ0v) is 32.9. The number of anilines is 6. The van der Waals surface area contributed by atoms with Gasteiger partial charge in [0.2, 0.25) is 26.9 Å². The molecule has 8 aromatic carbocycles. The van der Waals surface area contributed by atoms with Crippen molar-refractivity contribution in [3.05, 3.63) is 156 Å². The van der Waals surface area contributed by atoms with Gasteiger partial charge in [-0.1, -0.05) is 178 Å². The molecule has 15 rings (SSSR count). The predicted molar refractivity (Wildman–Crippen MR) is 251 cm³/mol. The first kappa shape index (κ1) is 30.7. The molecule has 2 nitrogen and oxygen atoms in total. The Morgan fingerprint density at radius 2 is 0.586 bits per heavy atom. The molecule has 264 valence electrons. The van der Waals surface area contributed by atoms with Crippen LogP contribution in [0.3, 0.4) is 0 Å². The molecule has 7 aliphatic heterocycles. The number of fused-ring (bicyclic) bond motifs is 8. The van der Waals surface area contributed by atoms with Gasteiger partial charge in [0.15, 0.2) is 0 Å². The minimum absolute atomic E-state index is 0.116. The molecule has 0 saturated heterocycles. The molecule has 7 heterocycles. The summed E-state index contributed by atoms with van der Waals surface area (Å²) in [5.41, 5.74) is 36.4. The van der Waals surface area contributed by atoms with E-state index >= 15 is 0 Å². The number of aryl methyl sites for hydroxylation is 4. The third-order valence-corrected chi connectivity index (χ3v) is 15.2. The molecular formula is C52H34B4N2. The van der Waals surface area contributed by atoms with E-state index in [0.29, 0.717) is 0 Å². The maximum Gasteiger partial charge on any atom is 0.248 e. The monoisotopic (exact) mass is 730 g/mol. The Morgan fingerprint density at radius 1 is 0.276 bits per heavy atom. The van der Waals surface area contributed by atoms with Gasteiger partial charge in [0, 0.05) is 11.4 Å². The Bertz CT molecular complexity index is 3090. The lowest BCUT2D eigenvalue weighted by Gasteiger charge is -2.54. The molecule has 0 bridgehead atoms. The summed E-state index contributed by atoms with van der Waals surface area (Å²) in [6.45, 7) is 9.48. The molecule has 0 radical (unpaired) electrons. The fourth-order valence-electron chi connectivity index (χ4n) is 12.9. The van der Waals surface area contributed by atoms with E-state index in [9.17, 15) is 0 Å². The molecule has 0 N–H and O–H groups in total. The van der Waals surface area contributed by atoms with Crippen LogP contribution in [0.15, 0.2) is 133 Å². The Balaban J connectivity index is 1.14. The van der Waals surface area contributed by atoms with E-state index in [4.69, 9.17) is 0 Å². The maximum absolute atomic E-state index is 2.80. The zero-order chi connectivity index (χ0) is 38.0. The standard InChI is InChI=1S/C52H34B4N2/c1-27-5-11-31(12-6-27)53-39-19-15-33-35-25-29(3)9-17-37(35)55-44-24-22-42-50-52(44)57(47(39)45(33)55)49-41(53)21-23-43-51(49)58(50)48-40(54(42)32-13-7-28(2)8-14-32)20-16-34-36-26-30(4)10-18-38(36)56(43)46(34)48/h5-26H,1-4H3. The summed E-state index contributed by atoms with van der Waals surface area (Å²) >= 11 is 0. The highest BCUT2D eigenvalue weighted by molar-refractivity contribution is 7.07. The summed E-state index contributed by atoms with van der Waals surface area (Å²) in [6, 6.07) is 53.2. The fraction of sp³-hybridized carbons (Fsp3) is 0.0769. The van der Waals surface area contributed by atoms with Gasteiger partial charge in [0.1, 0.15) is 0 Å². The van der Waals surface area contributed by atoms with E-state index in [-0.39, 0.29) is 26.9 Å². The first-order chi connectivity index (χ1) is 28.4. The molecule has 0 aliphatic carbocycles. The highest BCUT2D eigenvalue weighted by atomic mass is 15.3. The van der Waals surface area contributed by atoms with Crippen LogP contribution in [0.4, 0.5) is 34.1 Å². The molecule has 0 unspecified atom stereocenters. The van der Waals surface area contributed by atoms with Crippen LogP contribution in [0.25, 0.3) is 22.3 Å². The van der Waals surface area contributed by atoms with Crippen molar-refractivity contribution in [3.63, 3.8) is 0 Å². The van der Waals surface area contributed by atoms with Crippen molar-refractivity contribution in [3.8, 4) is 22.3 Å². The molecule has 8 aromatic rings. The van der Waals surface area contributed by atoms with Crippen molar-refractivity contribution in [1.29, 1.82) is 0 Å². The first-order valence-corrected chi connectivity index (χ1v) is 21.1. The lowest BCUT2D eigenvalue weighted by Crippen LogP contribution is -2.69. The van der Waals surface area contributed by atoms with Crippen LogP contribution >= 0.6 is 0 Å². The summed E-state index contributed by atoms with van der Waals surface area (Å²) in [5.74, 6) is 0. The van der Waals surface area contributed by atoms with Crippen molar-refractivity contribution < 1.29 is 0 Å². The second kappa shape index (κ2) is 10.0. The molecule has 0 spiro atoms. The predicted octanol–water partition coefficient (Wildman–Crippen LogP) is 3.45. The topological polar surface area (TPSA) is 6.48 Å². The largest absolute Gasteiger partial charge is 0.308 e. The SMILES string of the molecule is Cc1ccc(B2c3ccc4c5c3N3c6c2ccc2c6N6c7c(ccc8c7B2c2ccc(C)cc2-8)B(c2ccc(C)cc2)c2ccc(c3c26)B5c2ccc(C)cc2-4)cc1. The maximum atomic E-state index is 2.80. The van der Waals surface area contributed by atoms with Crippen LogP contribution in [0.2, 0.25) is 0 Å². The van der Waals surface area contributed by atoms with E-state index in [1.165, 1.54) is 144 Å². The quantitative estimate of drug-likeness (QED) is 0.252. The summed E-state index contributed by atoms with van der Waals surface area (Å²) in [6.07, 6.45) is 0. The molecular weight excluding hydrogens is 696 g/mol. The van der Waals surface area contributed by atoms with Gasteiger partial charge in [0.05, 0.1) is 22.7 Å². The fourth-order valence-corrected chi connectivity index (χ4v) is 12.9. The second-order valence-electron chi connectivity index (χ2n) is 18.2. The molecule has 0 amide bonds. The van der Waals surface area contributed by atoms with Gasteiger partial charge in [-0.3, -0.25) is 0 Å². The lowest BCUT2D eigenvalue weighted by molar-refractivity contribution is 1.19. The van der Waals surface area contributed by atoms with Gasteiger partial charge < -0.3 is 9.80 Å². The molecule has 6 heteroatoms. The van der Waals surface area contributed by atoms with Crippen LogP contribution in [0.5, 0.6) is 0 Å². The van der Waals surface area contributed by atoms with Crippen molar-refractivity contribution >= 4 is 127 Å². The summed E-state index contributed by atoms with van der Waals surface area (Å²) in [7, 11) is 0. The molecule has 0 atom stereocenters. The Kier molecular flexibility index (Phi) is 5.30. The van der Waals surface area contributed by atoms with E-state index in [0.717, 1.165) is 0 Å². The third kappa shape index (κ3) is 3.33. The normalized spacial score (nSPS) is 15.0. The molecule has 7 aliphatic rings. The third-order valence-electron chi connectivity index (χ3n) is 15.2. The lowest BCUT2D eigenvalue weighted by atomic mass is 9.28. The van der Waals surface area contributed by atoms with Crippen LogP contribution in [0.1, 0.15) is 22.3 Å². The van der Waals surface area contributed by atoms with Crippen molar-refractivity contribution in [2.45, 2.75) is 27.7 Å². The van der Waals surface area contributed by atoms with Crippen LogP contribution < -0.4 is 75.4 Å². The molecule has 0 fully saturated rings. The minimum Gasteiger partial charge on any atom is -0.308 e. The van der Waals surface area contributed by atoms with E-state index in [2.05, 4.69) is 171 Å². The number of hydrogen-bond acceptors (Lipinski definition) is 2. The van der Waals surface area contributed by atoms with Gasteiger partial charge in [-0.25, -0.2) is 0 Å². The first-order valence-electron chi connectivity index (χ1n) is 21.1. The van der Waals surface area contributed by atoms with Crippen molar-refractivity contribution in [2.75, 3.05) is 9.80 Å². The number of nitrogens with zero attached hydrogens (tertiary/aromatic N) is 2. The summed E-state index contributed by atoms with van der Waals surface area (Å²) in [5, 5.41) is 0. The van der Waals surface area contributed by atoms with E-state index < -0.39 is 0 Å². The highest BCUT2D eigenvalue weighted by Gasteiger charge is 2.57. The van der Waals surface area contributed by atoms with Crippen LogP contribution in [0, 0.1) is 27.7 Å². The average molecular weight is 730 g/mol.